The number of furan rings is 1. The average molecular weight is 327 g/mol. The number of pyridine rings is 1. The van der Waals surface area contributed by atoms with Gasteiger partial charge in [0.25, 0.3) is 0 Å². The van der Waals surface area contributed by atoms with Crippen LogP contribution in [0.3, 0.4) is 0 Å². The van der Waals surface area contributed by atoms with E-state index in [1.54, 1.807) is 6.26 Å². The largest absolute Gasteiger partial charge is 0.472 e. The maximum absolute atomic E-state index is 6.14. The van der Waals surface area contributed by atoms with E-state index in [2.05, 4.69) is 20.9 Å². The molecule has 0 unspecified atom stereocenters. The zero-order valence-corrected chi connectivity index (χ0v) is 14.2. The van der Waals surface area contributed by atoms with Crippen LogP contribution < -0.4 is 0 Å². The SMILES string of the molecule is Cc1cccc(CO[C@@H]2C[C@H]3CN(Cc4ccoc4)CCN3C2)n1. The number of aromatic nitrogens is 1. The molecule has 4 heterocycles. The first kappa shape index (κ1) is 15.8. The van der Waals surface area contributed by atoms with Crippen molar-refractivity contribution < 1.29 is 9.15 Å². The fourth-order valence-corrected chi connectivity index (χ4v) is 3.85. The van der Waals surface area contributed by atoms with Crippen molar-refractivity contribution in [3.8, 4) is 0 Å². The molecule has 2 aliphatic rings. The summed E-state index contributed by atoms with van der Waals surface area (Å²) in [7, 11) is 0. The van der Waals surface area contributed by atoms with Gasteiger partial charge in [-0.3, -0.25) is 14.8 Å². The third-order valence-electron chi connectivity index (χ3n) is 5.06. The highest BCUT2D eigenvalue weighted by atomic mass is 16.5. The van der Waals surface area contributed by atoms with Crippen LogP contribution in [0.15, 0.2) is 41.2 Å². The molecule has 2 fully saturated rings. The van der Waals surface area contributed by atoms with Crippen LogP contribution in [-0.4, -0.2) is 53.1 Å². The Morgan fingerprint density at radius 1 is 1.25 bits per heavy atom. The third kappa shape index (κ3) is 3.69. The number of rotatable bonds is 5. The molecule has 2 aliphatic heterocycles. The summed E-state index contributed by atoms with van der Waals surface area (Å²) in [5, 5.41) is 0. The van der Waals surface area contributed by atoms with E-state index in [4.69, 9.17) is 9.15 Å². The summed E-state index contributed by atoms with van der Waals surface area (Å²) in [6.45, 7) is 8.04. The number of aryl methyl sites for hydroxylation is 1. The molecule has 24 heavy (non-hydrogen) atoms. The van der Waals surface area contributed by atoms with Crippen molar-refractivity contribution in [1.82, 2.24) is 14.8 Å². The van der Waals surface area contributed by atoms with E-state index in [0.717, 1.165) is 50.5 Å². The summed E-state index contributed by atoms with van der Waals surface area (Å²) in [6, 6.07) is 8.78. The normalized spacial score (nSPS) is 25.0. The van der Waals surface area contributed by atoms with Crippen LogP contribution in [0, 0.1) is 6.92 Å². The van der Waals surface area contributed by atoms with E-state index in [1.165, 1.54) is 5.56 Å². The molecule has 0 aromatic carbocycles. The molecular formula is C19H25N3O2. The lowest BCUT2D eigenvalue weighted by molar-refractivity contribution is 0.0439. The van der Waals surface area contributed by atoms with Gasteiger partial charge < -0.3 is 9.15 Å². The fraction of sp³-hybridized carbons (Fsp3) is 0.526. The van der Waals surface area contributed by atoms with E-state index in [0.29, 0.717) is 18.8 Å². The zero-order valence-electron chi connectivity index (χ0n) is 14.2. The smallest absolute Gasteiger partial charge is 0.0947 e. The molecule has 0 saturated carbocycles. The Labute approximate surface area is 143 Å². The summed E-state index contributed by atoms with van der Waals surface area (Å²) in [6.07, 6.45) is 5.05. The highest BCUT2D eigenvalue weighted by Crippen LogP contribution is 2.25. The minimum Gasteiger partial charge on any atom is -0.472 e. The van der Waals surface area contributed by atoms with Crippen molar-refractivity contribution in [2.75, 3.05) is 26.2 Å². The van der Waals surface area contributed by atoms with Gasteiger partial charge in [-0.25, -0.2) is 0 Å². The van der Waals surface area contributed by atoms with Crippen molar-refractivity contribution in [3.63, 3.8) is 0 Å². The Morgan fingerprint density at radius 2 is 2.21 bits per heavy atom. The van der Waals surface area contributed by atoms with Crippen molar-refractivity contribution in [3.05, 3.63) is 53.7 Å². The predicted molar refractivity (Wildman–Crippen MR) is 91.5 cm³/mol. The molecular weight excluding hydrogens is 302 g/mol. The fourth-order valence-electron chi connectivity index (χ4n) is 3.85. The molecule has 0 spiro atoms. The van der Waals surface area contributed by atoms with Crippen LogP contribution in [0.4, 0.5) is 0 Å². The first-order valence-corrected chi connectivity index (χ1v) is 8.78. The molecule has 5 nitrogen and oxygen atoms in total. The Morgan fingerprint density at radius 3 is 3.04 bits per heavy atom. The van der Waals surface area contributed by atoms with Crippen molar-refractivity contribution in [2.24, 2.45) is 0 Å². The second-order valence-corrected chi connectivity index (χ2v) is 6.95. The summed E-state index contributed by atoms with van der Waals surface area (Å²) in [5.41, 5.74) is 3.34. The van der Waals surface area contributed by atoms with Gasteiger partial charge in [0.05, 0.1) is 30.9 Å². The molecule has 0 aliphatic carbocycles. The summed E-state index contributed by atoms with van der Waals surface area (Å²) < 4.78 is 11.3. The molecule has 0 radical (unpaired) electrons. The maximum atomic E-state index is 6.14. The van der Waals surface area contributed by atoms with Gasteiger partial charge in [0.2, 0.25) is 0 Å². The van der Waals surface area contributed by atoms with E-state index in [9.17, 15) is 0 Å². The van der Waals surface area contributed by atoms with E-state index >= 15 is 0 Å². The quantitative estimate of drug-likeness (QED) is 0.844. The zero-order chi connectivity index (χ0) is 16.4. The highest BCUT2D eigenvalue weighted by molar-refractivity contribution is 5.09. The summed E-state index contributed by atoms with van der Waals surface area (Å²) in [4.78, 5) is 9.63. The van der Waals surface area contributed by atoms with Crippen LogP contribution in [0.5, 0.6) is 0 Å². The lowest BCUT2D eigenvalue weighted by Gasteiger charge is -2.37. The standard InChI is InChI=1S/C19H25N3O2/c1-15-3-2-4-17(20-15)14-24-19-9-18-11-21(6-7-22(18)12-19)10-16-5-8-23-13-16/h2-5,8,13,18-19H,6-7,9-12,14H2,1H3/t18-,19+/m0/s1. The highest BCUT2D eigenvalue weighted by Gasteiger charge is 2.36. The molecule has 5 heteroatoms. The first-order valence-electron chi connectivity index (χ1n) is 8.78. The van der Waals surface area contributed by atoms with Gasteiger partial charge in [-0.1, -0.05) is 6.07 Å². The van der Waals surface area contributed by atoms with Crippen LogP contribution in [0.2, 0.25) is 0 Å². The van der Waals surface area contributed by atoms with Gasteiger partial charge in [0.1, 0.15) is 0 Å². The number of piperazine rings is 1. The molecule has 2 saturated heterocycles. The van der Waals surface area contributed by atoms with E-state index < -0.39 is 0 Å². The minimum atomic E-state index is 0.325. The lowest BCUT2D eigenvalue weighted by Crippen LogP contribution is -2.49. The molecule has 0 bridgehead atoms. The Balaban J connectivity index is 1.28. The number of nitrogens with zero attached hydrogens (tertiary/aromatic N) is 3. The van der Waals surface area contributed by atoms with Gasteiger partial charge in [0, 0.05) is 50.0 Å². The number of hydrogen-bond donors (Lipinski definition) is 0. The molecule has 128 valence electrons. The third-order valence-corrected chi connectivity index (χ3v) is 5.06. The molecule has 4 rings (SSSR count). The number of hydrogen-bond acceptors (Lipinski definition) is 5. The van der Waals surface area contributed by atoms with Crippen LogP contribution in [0.1, 0.15) is 23.4 Å². The van der Waals surface area contributed by atoms with Crippen molar-refractivity contribution in [2.45, 2.75) is 38.6 Å². The van der Waals surface area contributed by atoms with Gasteiger partial charge in [-0.2, -0.15) is 0 Å². The second kappa shape index (κ2) is 7.05. The van der Waals surface area contributed by atoms with E-state index in [1.807, 2.05) is 31.4 Å². The molecule has 2 aromatic heterocycles. The Bertz CT molecular complexity index is 658. The van der Waals surface area contributed by atoms with Crippen LogP contribution in [0.25, 0.3) is 0 Å². The van der Waals surface area contributed by atoms with Gasteiger partial charge in [-0.15, -0.1) is 0 Å². The Kier molecular flexibility index (Phi) is 4.65. The van der Waals surface area contributed by atoms with Gasteiger partial charge >= 0.3 is 0 Å². The predicted octanol–water partition coefficient (Wildman–Crippen LogP) is 2.46. The molecule has 0 N–H and O–H groups in total. The van der Waals surface area contributed by atoms with Crippen LogP contribution >= 0.6 is 0 Å². The summed E-state index contributed by atoms with van der Waals surface area (Å²) >= 11 is 0. The van der Waals surface area contributed by atoms with Crippen LogP contribution in [-0.2, 0) is 17.9 Å². The summed E-state index contributed by atoms with van der Waals surface area (Å²) in [5.74, 6) is 0. The minimum absolute atomic E-state index is 0.325. The van der Waals surface area contributed by atoms with Gasteiger partial charge in [0.15, 0.2) is 0 Å². The van der Waals surface area contributed by atoms with Crippen molar-refractivity contribution in [1.29, 1.82) is 0 Å². The van der Waals surface area contributed by atoms with Gasteiger partial charge in [-0.05, 0) is 31.5 Å². The topological polar surface area (TPSA) is 41.7 Å². The Hall–Kier alpha value is -1.69. The number of ether oxygens (including phenoxy) is 1. The molecule has 2 atom stereocenters. The first-order chi connectivity index (χ1) is 11.8. The lowest BCUT2D eigenvalue weighted by atomic mass is 10.1. The monoisotopic (exact) mass is 327 g/mol. The van der Waals surface area contributed by atoms with E-state index in [-0.39, 0.29) is 0 Å². The second-order valence-electron chi connectivity index (χ2n) is 6.95. The maximum Gasteiger partial charge on any atom is 0.0947 e. The average Bonchev–Trinajstić information content (AvgIpc) is 3.22. The molecule has 0 amide bonds. The number of fused-ring (bicyclic) bond motifs is 1. The molecule has 2 aromatic rings. The van der Waals surface area contributed by atoms with Crippen molar-refractivity contribution >= 4 is 0 Å².